The van der Waals surface area contributed by atoms with Gasteiger partial charge in [0.2, 0.25) is 0 Å². The lowest BCUT2D eigenvalue weighted by Gasteiger charge is -2.13. The number of aromatic nitrogens is 3. The molecule has 74 valence electrons. The first-order chi connectivity index (χ1) is 7.34. The Bertz CT molecular complexity index is 551. The summed E-state index contributed by atoms with van der Waals surface area (Å²) in [5.74, 6) is 0.189. The normalized spacial score (nSPS) is 15.3. The van der Waals surface area contributed by atoms with Crippen LogP contribution in [0.2, 0.25) is 0 Å². The molecular formula is C11H9N3O. The van der Waals surface area contributed by atoms with E-state index < -0.39 is 0 Å². The number of carbonyl (C=O) groups is 1. The number of hydrogen-bond donors (Lipinski definition) is 0. The SMILES string of the molecule is O=C1CCCc2nc3ncncc3cc21. The minimum Gasteiger partial charge on any atom is -0.294 e. The van der Waals surface area contributed by atoms with Crippen molar-refractivity contribution >= 4 is 16.8 Å². The van der Waals surface area contributed by atoms with Crippen molar-refractivity contribution in [2.24, 2.45) is 0 Å². The third kappa shape index (κ3) is 1.29. The monoisotopic (exact) mass is 199 g/mol. The van der Waals surface area contributed by atoms with Crippen LogP contribution in [-0.4, -0.2) is 20.7 Å². The molecule has 0 aromatic carbocycles. The molecule has 15 heavy (non-hydrogen) atoms. The number of pyridine rings is 1. The summed E-state index contributed by atoms with van der Waals surface area (Å²) in [7, 11) is 0. The molecule has 0 radical (unpaired) electrons. The average Bonchev–Trinajstić information content (AvgIpc) is 2.27. The molecule has 1 aliphatic rings. The Morgan fingerprint density at radius 3 is 3.13 bits per heavy atom. The van der Waals surface area contributed by atoms with Crippen LogP contribution < -0.4 is 0 Å². The summed E-state index contributed by atoms with van der Waals surface area (Å²) in [6.07, 6.45) is 5.58. The van der Waals surface area contributed by atoms with Crippen molar-refractivity contribution in [1.82, 2.24) is 15.0 Å². The number of carbonyl (C=O) groups excluding carboxylic acids is 1. The van der Waals surface area contributed by atoms with Crippen molar-refractivity contribution < 1.29 is 4.79 Å². The topological polar surface area (TPSA) is 55.7 Å². The third-order valence-electron chi connectivity index (χ3n) is 2.69. The molecule has 2 aromatic rings. The molecule has 2 aromatic heterocycles. The molecule has 1 aliphatic carbocycles. The second-order valence-electron chi connectivity index (χ2n) is 3.69. The summed E-state index contributed by atoms with van der Waals surface area (Å²) in [5, 5.41) is 0.839. The van der Waals surface area contributed by atoms with Crippen molar-refractivity contribution in [3.8, 4) is 0 Å². The Balaban J connectivity index is 2.32. The van der Waals surface area contributed by atoms with Gasteiger partial charge in [0.15, 0.2) is 11.4 Å². The van der Waals surface area contributed by atoms with Gasteiger partial charge in [-0.25, -0.2) is 15.0 Å². The van der Waals surface area contributed by atoms with Gasteiger partial charge in [-0.1, -0.05) is 0 Å². The van der Waals surface area contributed by atoms with Gasteiger partial charge >= 0.3 is 0 Å². The van der Waals surface area contributed by atoms with Crippen molar-refractivity contribution in [3.05, 3.63) is 29.8 Å². The average molecular weight is 199 g/mol. The maximum atomic E-state index is 11.6. The molecule has 0 amide bonds. The predicted octanol–water partition coefficient (Wildman–Crippen LogP) is 1.54. The van der Waals surface area contributed by atoms with E-state index in [0.717, 1.165) is 29.5 Å². The number of Topliss-reactive ketones (excluding diaryl/α,β-unsaturated/α-hetero) is 1. The molecule has 0 atom stereocenters. The summed E-state index contributed by atoms with van der Waals surface area (Å²) >= 11 is 0. The molecule has 0 saturated carbocycles. The molecule has 4 heteroatoms. The first-order valence-electron chi connectivity index (χ1n) is 4.97. The maximum Gasteiger partial charge on any atom is 0.164 e. The van der Waals surface area contributed by atoms with Crippen molar-refractivity contribution in [3.63, 3.8) is 0 Å². The zero-order chi connectivity index (χ0) is 10.3. The number of ketones is 1. The van der Waals surface area contributed by atoms with Gasteiger partial charge in [0.05, 0.1) is 5.69 Å². The highest BCUT2D eigenvalue weighted by atomic mass is 16.1. The number of fused-ring (bicyclic) bond motifs is 2. The summed E-state index contributed by atoms with van der Waals surface area (Å²) in [6.45, 7) is 0. The lowest BCUT2D eigenvalue weighted by molar-refractivity contribution is 0.0972. The van der Waals surface area contributed by atoms with Gasteiger partial charge in [-0.05, 0) is 18.9 Å². The van der Waals surface area contributed by atoms with Crippen LogP contribution in [0.25, 0.3) is 11.0 Å². The Morgan fingerprint density at radius 2 is 2.20 bits per heavy atom. The van der Waals surface area contributed by atoms with Crippen molar-refractivity contribution in [2.45, 2.75) is 19.3 Å². The van der Waals surface area contributed by atoms with Gasteiger partial charge in [0.1, 0.15) is 6.33 Å². The van der Waals surface area contributed by atoms with E-state index in [1.54, 1.807) is 6.20 Å². The largest absolute Gasteiger partial charge is 0.294 e. The highest BCUT2D eigenvalue weighted by Crippen LogP contribution is 2.22. The standard InChI is InChI=1S/C11H9N3O/c15-10-3-1-2-9-8(10)4-7-5-12-6-13-11(7)14-9/h4-6H,1-3H2. The lowest BCUT2D eigenvalue weighted by Crippen LogP contribution is -2.12. The van der Waals surface area contributed by atoms with Crippen molar-refractivity contribution in [2.75, 3.05) is 0 Å². The zero-order valence-electron chi connectivity index (χ0n) is 8.10. The highest BCUT2D eigenvalue weighted by molar-refractivity contribution is 6.00. The Morgan fingerprint density at radius 1 is 1.27 bits per heavy atom. The second kappa shape index (κ2) is 3.08. The molecule has 0 N–H and O–H groups in total. The molecule has 0 fully saturated rings. The van der Waals surface area contributed by atoms with Crippen molar-refractivity contribution in [1.29, 1.82) is 0 Å². The lowest BCUT2D eigenvalue weighted by atomic mass is 9.94. The van der Waals surface area contributed by atoms with Crippen LogP contribution in [0.15, 0.2) is 18.6 Å². The van der Waals surface area contributed by atoms with Crippen LogP contribution in [0, 0.1) is 0 Å². The number of aryl methyl sites for hydroxylation is 1. The fourth-order valence-electron chi connectivity index (χ4n) is 1.94. The van der Waals surface area contributed by atoms with E-state index in [4.69, 9.17) is 0 Å². The molecule has 0 saturated heterocycles. The predicted molar refractivity (Wildman–Crippen MR) is 54.6 cm³/mol. The molecule has 3 rings (SSSR count). The van der Waals surface area contributed by atoms with Gasteiger partial charge in [-0.3, -0.25) is 4.79 Å². The second-order valence-corrected chi connectivity index (χ2v) is 3.69. The Kier molecular flexibility index (Phi) is 1.74. The maximum absolute atomic E-state index is 11.6. The fraction of sp³-hybridized carbons (Fsp3) is 0.273. The first kappa shape index (κ1) is 8.47. The van der Waals surface area contributed by atoms with E-state index in [1.165, 1.54) is 6.33 Å². The van der Waals surface area contributed by atoms with E-state index in [1.807, 2.05) is 6.07 Å². The number of rotatable bonds is 0. The smallest absolute Gasteiger partial charge is 0.164 e. The van der Waals surface area contributed by atoms with E-state index in [0.29, 0.717) is 12.1 Å². The number of hydrogen-bond acceptors (Lipinski definition) is 4. The first-order valence-corrected chi connectivity index (χ1v) is 4.97. The van der Waals surface area contributed by atoms with Crippen LogP contribution in [0.5, 0.6) is 0 Å². The van der Waals surface area contributed by atoms with Gasteiger partial charge in [-0.2, -0.15) is 0 Å². The fourth-order valence-corrected chi connectivity index (χ4v) is 1.94. The summed E-state index contributed by atoms with van der Waals surface area (Å²) in [6, 6.07) is 1.86. The number of nitrogens with zero attached hydrogens (tertiary/aromatic N) is 3. The Labute approximate surface area is 86.4 Å². The van der Waals surface area contributed by atoms with Gasteiger partial charge in [-0.15, -0.1) is 0 Å². The molecule has 2 heterocycles. The van der Waals surface area contributed by atoms with Crippen LogP contribution in [0.4, 0.5) is 0 Å². The summed E-state index contributed by atoms with van der Waals surface area (Å²) in [5.41, 5.74) is 2.32. The van der Waals surface area contributed by atoms with Crippen LogP contribution in [-0.2, 0) is 6.42 Å². The molecule has 0 bridgehead atoms. The van der Waals surface area contributed by atoms with Gasteiger partial charge in [0.25, 0.3) is 0 Å². The van der Waals surface area contributed by atoms with E-state index in [2.05, 4.69) is 15.0 Å². The molecule has 0 aliphatic heterocycles. The van der Waals surface area contributed by atoms with Crippen LogP contribution >= 0.6 is 0 Å². The minimum atomic E-state index is 0.189. The third-order valence-corrected chi connectivity index (χ3v) is 2.69. The van der Waals surface area contributed by atoms with Gasteiger partial charge in [0, 0.05) is 23.6 Å². The van der Waals surface area contributed by atoms with Gasteiger partial charge < -0.3 is 0 Å². The van der Waals surface area contributed by atoms with Crippen LogP contribution in [0.3, 0.4) is 0 Å². The van der Waals surface area contributed by atoms with Crippen LogP contribution in [0.1, 0.15) is 28.9 Å². The molecule has 0 spiro atoms. The van der Waals surface area contributed by atoms with E-state index in [-0.39, 0.29) is 5.78 Å². The zero-order valence-corrected chi connectivity index (χ0v) is 8.10. The molecule has 0 unspecified atom stereocenters. The minimum absolute atomic E-state index is 0.189. The quantitative estimate of drug-likeness (QED) is 0.645. The summed E-state index contributed by atoms with van der Waals surface area (Å²) < 4.78 is 0. The molecular weight excluding hydrogens is 190 g/mol. The van der Waals surface area contributed by atoms with E-state index in [9.17, 15) is 4.79 Å². The summed E-state index contributed by atoms with van der Waals surface area (Å²) in [4.78, 5) is 24.0. The highest BCUT2D eigenvalue weighted by Gasteiger charge is 2.19. The van der Waals surface area contributed by atoms with E-state index >= 15 is 0 Å². The Hall–Kier alpha value is -1.84. The molecule has 4 nitrogen and oxygen atoms in total.